The van der Waals surface area contributed by atoms with Gasteiger partial charge in [0.25, 0.3) is 0 Å². The Hall–Kier alpha value is -1.65. The number of para-hydroxylation sites is 1. The van der Waals surface area contributed by atoms with Crippen LogP contribution in [0.1, 0.15) is 12.0 Å². The number of fused-ring (bicyclic) bond motifs is 1. The second-order valence-electron chi connectivity index (χ2n) is 5.20. The Labute approximate surface area is 112 Å². The van der Waals surface area contributed by atoms with Crippen molar-refractivity contribution in [3.63, 3.8) is 0 Å². The van der Waals surface area contributed by atoms with Crippen molar-refractivity contribution in [2.45, 2.75) is 18.6 Å². The maximum atomic E-state index is 5.36. The minimum absolute atomic E-state index is 0.362. The van der Waals surface area contributed by atoms with Crippen LogP contribution >= 0.6 is 0 Å². The molecule has 4 rings (SSSR count). The molecule has 0 saturated carbocycles. The number of nitrogens with zero attached hydrogens (tertiary/aromatic N) is 2. The lowest BCUT2D eigenvalue weighted by Gasteiger charge is -2.20. The Balaban J connectivity index is 1.66. The van der Waals surface area contributed by atoms with E-state index in [0.29, 0.717) is 12.2 Å². The summed E-state index contributed by atoms with van der Waals surface area (Å²) in [6.07, 6.45) is 5.72. The summed E-state index contributed by atoms with van der Waals surface area (Å²) in [6, 6.07) is 8.35. The summed E-state index contributed by atoms with van der Waals surface area (Å²) in [5.74, 6) is 0. The smallest absolute Gasteiger partial charge is 0.0988 e. The van der Waals surface area contributed by atoms with Crippen molar-refractivity contribution in [3.8, 4) is 0 Å². The standard InChI is InChI=1S/C15H16N2O2/c1-2-4-15-11(3-1)6-16-12(5-13-9-18-13)7-17(15)8-14-10-19-14/h1-4,6-7,13-14H,5,8-10H2. The second kappa shape index (κ2) is 4.47. The van der Waals surface area contributed by atoms with Crippen LogP contribution in [0.2, 0.25) is 0 Å². The van der Waals surface area contributed by atoms with Gasteiger partial charge in [0.05, 0.1) is 37.7 Å². The van der Waals surface area contributed by atoms with E-state index in [-0.39, 0.29) is 0 Å². The van der Waals surface area contributed by atoms with Crippen molar-refractivity contribution in [1.29, 1.82) is 0 Å². The van der Waals surface area contributed by atoms with Gasteiger partial charge in [-0.25, -0.2) is 0 Å². The predicted octanol–water partition coefficient (Wildman–Crippen LogP) is 1.95. The van der Waals surface area contributed by atoms with Crippen molar-refractivity contribution in [2.24, 2.45) is 4.99 Å². The summed E-state index contributed by atoms with van der Waals surface area (Å²) in [7, 11) is 0. The lowest BCUT2D eigenvalue weighted by atomic mass is 10.1. The van der Waals surface area contributed by atoms with E-state index >= 15 is 0 Å². The molecule has 2 atom stereocenters. The zero-order valence-corrected chi connectivity index (χ0v) is 10.7. The molecule has 98 valence electrons. The molecule has 0 amide bonds. The minimum Gasteiger partial charge on any atom is -0.373 e. The summed E-state index contributed by atoms with van der Waals surface area (Å²) >= 11 is 0. The highest BCUT2D eigenvalue weighted by atomic mass is 16.6. The van der Waals surface area contributed by atoms with Crippen LogP contribution in [0.4, 0.5) is 5.69 Å². The number of epoxide rings is 2. The Kier molecular flexibility index (Phi) is 2.64. The van der Waals surface area contributed by atoms with Crippen LogP contribution in [0.3, 0.4) is 0 Å². The molecule has 3 aliphatic heterocycles. The fourth-order valence-electron chi connectivity index (χ4n) is 2.36. The molecule has 0 aliphatic carbocycles. The molecular formula is C15H16N2O2. The van der Waals surface area contributed by atoms with Crippen molar-refractivity contribution < 1.29 is 9.47 Å². The molecule has 4 heteroatoms. The summed E-state index contributed by atoms with van der Waals surface area (Å²) in [6.45, 7) is 2.63. The van der Waals surface area contributed by atoms with Crippen LogP contribution in [0.5, 0.6) is 0 Å². The number of anilines is 1. The van der Waals surface area contributed by atoms with E-state index in [2.05, 4.69) is 34.3 Å². The SMILES string of the molecule is C1=NC(CC2CO2)=CN(CC2CO2)c2ccccc21. The van der Waals surface area contributed by atoms with Crippen LogP contribution in [-0.4, -0.2) is 38.2 Å². The Bertz CT molecular complexity index is 545. The summed E-state index contributed by atoms with van der Waals surface area (Å²) in [5, 5.41) is 0. The molecule has 0 N–H and O–H groups in total. The van der Waals surface area contributed by atoms with E-state index in [1.807, 2.05) is 12.3 Å². The molecule has 1 aromatic carbocycles. The third-order valence-corrected chi connectivity index (χ3v) is 3.56. The zero-order chi connectivity index (χ0) is 12.7. The first-order chi connectivity index (χ1) is 9.38. The van der Waals surface area contributed by atoms with Gasteiger partial charge in [-0.1, -0.05) is 18.2 Å². The molecule has 0 aromatic heterocycles. The third kappa shape index (κ3) is 2.55. The van der Waals surface area contributed by atoms with Gasteiger partial charge in [-0.15, -0.1) is 0 Å². The number of hydrogen-bond acceptors (Lipinski definition) is 4. The predicted molar refractivity (Wildman–Crippen MR) is 73.6 cm³/mol. The topological polar surface area (TPSA) is 40.7 Å². The normalized spacial score (nSPS) is 27.6. The van der Waals surface area contributed by atoms with Gasteiger partial charge in [0.2, 0.25) is 0 Å². The zero-order valence-electron chi connectivity index (χ0n) is 10.7. The van der Waals surface area contributed by atoms with E-state index in [1.54, 1.807) is 0 Å². The van der Waals surface area contributed by atoms with Crippen LogP contribution < -0.4 is 4.90 Å². The van der Waals surface area contributed by atoms with Crippen LogP contribution in [0, 0.1) is 0 Å². The summed E-state index contributed by atoms with van der Waals surface area (Å²) in [4.78, 5) is 6.86. The molecule has 0 spiro atoms. The largest absolute Gasteiger partial charge is 0.373 e. The Morgan fingerprint density at radius 2 is 1.95 bits per heavy atom. The molecule has 1 aromatic rings. The maximum Gasteiger partial charge on any atom is 0.0988 e. The molecule has 2 saturated heterocycles. The average molecular weight is 256 g/mol. The molecule has 2 fully saturated rings. The van der Waals surface area contributed by atoms with Gasteiger partial charge in [-0.05, 0) is 6.07 Å². The summed E-state index contributed by atoms with van der Waals surface area (Å²) in [5.41, 5.74) is 3.44. The minimum atomic E-state index is 0.362. The molecule has 3 heterocycles. The molecule has 0 radical (unpaired) electrons. The first-order valence-electron chi connectivity index (χ1n) is 6.72. The Morgan fingerprint density at radius 3 is 2.74 bits per heavy atom. The van der Waals surface area contributed by atoms with Gasteiger partial charge >= 0.3 is 0 Å². The lowest BCUT2D eigenvalue weighted by Crippen LogP contribution is -2.22. The van der Waals surface area contributed by atoms with Gasteiger partial charge in [0.15, 0.2) is 0 Å². The molecule has 4 nitrogen and oxygen atoms in total. The van der Waals surface area contributed by atoms with Gasteiger partial charge in [0.1, 0.15) is 0 Å². The first-order valence-corrected chi connectivity index (χ1v) is 6.72. The number of hydrogen-bond donors (Lipinski definition) is 0. The number of rotatable bonds is 4. The number of benzene rings is 1. The van der Waals surface area contributed by atoms with Crippen LogP contribution in [-0.2, 0) is 9.47 Å². The van der Waals surface area contributed by atoms with Gasteiger partial charge in [-0.3, -0.25) is 4.99 Å². The molecule has 3 aliphatic rings. The number of ether oxygens (including phenoxy) is 2. The van der Waals surface area contributed by atoms with Crippen molar-refractivity contribution in [2.75, 3.05) is 24.7 Å². The maximum absolute atomic E-state index is 5.36. The monoisotopic (exact) mass is 256 g/mol. The van der Waals surface area contributed by atoms with Gasteiger partial charge in [0, 0.05) is 30.1 Å². The molecule has 19 heavy (non-hydrogen) atoms. The summed E-state index contributed by atoms with van der Waals surface area (Å²) < 4.78 is 10.7. The fourth-order valence-corrected chi connectivity index (χ4v) is 2.36. The van der Waals surface area contributed by atoms with Gasteiger partial charge in [-0.2, -0.15) is 0 Å². The second-order valence-corrected chi connectivity index (χ2v) is 5.20. The van der Waals surface area contributed by atoms with E-state index in [4.69, 9.17) is 9.47 Å². The van der Waals surface area contributed by atoms with E-state index < -0.39 is 0 Å². The average Bonchev–Trinajstić information content (AvgIpc) is 3.29. The quantitative estimate of drug-likeness (QED) is 0.773. The third-order valence-electron chi connectivity index (χ3n) is 3.56. The van der Waals surface area contributed by atoms with E-state index in [1.165, 1.54) is 5.69 Å². The van der Waals surface area contributed by atoms with E-state index in [0.717, 1.165) is 37.4 Å². The van der Waals surface area contributed by atoms with Crippen molar-refractivity contribution >= 4 is 11.9 Å². The number of aliphatic imine (C=N–C) groups is 1. The van der Waals surface area contributed by atoms with Crippen molar-refractivity contribution in [3.05, 3.63) is 41.7 Å². The molecule has 0 bridgehead atoms. The van der Waals surface area contributed by atoms with Gasteiger partial charge < -0.3 is 14.4 Å². The van der Waals surface area contributed by atoms with Crippen molar-refractivity contribution in [1.82, 2.24) is 0 Å². The first kappa shape index (κ1) is 11.2. The Morgan fingerprint density at radius 1 is 1.16 bits per heavy atom. The lowest BCUT2D eigenvalue weighted by molar-refractivity contribution is 0.405. The molecular weight excluding hydrogens is 240 g/mol. The highest BCUT2D eigenvalue weighted by molar-refractivity contribution is 5.90. The van der Waals surface area contributed by atoms with Crippen LogP contribution in [0.25, 0.3) is 0 Å². The van der Waals surface area contributed by atoms with E-state index in [9.17, 15) is 0 Å². The molecule has 2 unspecified atom stereocenters. The van der Waals surface area contributed by atoms with Crippen LogP contribution in [0.15, 0.2) is 41.2 Å². The fraction of sp³-hybridized carbons (Fsp3) is 0.400. The highest BCUT2D eigenvalue weighted by Crippen LogP contribution is 2.28. The highest BCUT2D eigenvalue weighted by Gasteiger charge is 2.28.